The van der Waals surface area contributed by atoms with Gasteiger partial charge in [0.25, 0.3) is 0 Å². The Morgan fingerprint density at radius 2 is 2.23 bits per heavy atom. The molecule has 4 nitrogen and oxygen atoms in total. The van der Waals surface area contributed by atoms with Gasteiger partial charge in [-0.3, -0.25) is 9.78 Å². The predicted molar refractivity (Wildman–Crippen MR) is 87.8 cm³/mol. The lowest BCUT2D eigenvalue weighted by atomic mass is 10.0. The van der Waals surface area contributed by atoms with E-state index in [0.29, 0.717) is 12.5 Å². The highest BCUT2D eigenvalue weighted by atomic mass is 32.1. The standard InChI is InChI=1S/C17H21N3OS/c1-13-19-15(12-22-13)11-17(21)20-10-2-3-16(20)5-4-14-6-8-18-9-7-14/h6-9,12,16H,2-5,10-11H2,1H3/t16-/m1/s1. The molecule has 0 radical (unpaired) electrons. The molecule has 0 saturated carbocycles. The minimum Gasteiger partial charge on any atom is -0.339 e. The molecule has 1 amide bonds. The van der Waals surface area contributed by atoms with Crippen molar-refractivity contribution in [3.8, 4) is 0 Å². The molecule has 3 heterocycles. The van der Waals surface area contributed by atoms with Crippen LogP contribution in [0.25, 0.3) is 0 Å². The van der Waals surface area contributed by atoms with E-state index < -0.39 is 0 Å². The van der Waals surface area contributed by atoms with Crippen molar-refractivity contribution in [3.05, 3.63) is 46.2 Å². The van der Waals surface area contributed by atoms with E-state index in [2.05, 4.69) is 27.0 Å². The van der Waals surface area contributed by atoms with Crippen molar-refractivity contribution in [2.45, 2.75) is 45.1 Å². The average molecular weight is 315 g/mol. The van der Waals surface area contributed by atoms with Crippen molar-refractivity contribution in [2.75, 3.05) is 6.54 Å². The first-order valence-electron chi connectivity index (χ1n) is 7.82. The van der Waals surface area contributed by atoms with E-state index >= 15 is 0 Å². The van der Waals surface area contributed by atoms with E-state index in [1.54, 1.807) is 11.3 Å². The van der Waals surface area contributed by atoms with E-state index in [-0.39, 0.29) is 5.91 Å². The molecule has 1 atom stereocenters. The predicted octanol–water partition coefficient (Wildman–Crippen LogP) is 3.01. The van der Waals surface area contributed by atoms with Crippen LogP contribution in [0.5, 0.6) is 0 Å². The van der Waals surface area contributed by atoms with Crippen molar-refractivity contribution in [1.29, 1.82) is 0 Å². The van der Waals surface area contributed by atoms with Crippen LogP contribution >= 0.6 is 11.3 Å². The minimum atomic E-state index is 0.225. The third-order valence-corrected chi connectivity index (χ3v) is 5.03. The number of hydrogen-bond acceptors (Lipinski definition) is 4. The largest absolute Gasteiger partial charge is 0.339 e. The van der Waals surface area contributed by atoms with E-state index in [1.165, 1.54) is 5.56 Å². The van der Waals surface area contributed by atoms with Gasteiger partial charge < -0.3 is 4.90 Å². The van der Waals surface area contributed by atoms with Crippen LogP contribution in [0.4, 0.5) is 0 Å². The number of thiazole rings is 1. The first kappa shape index (κ1) is 15.2. The Kier molecular flexibility index (Phi) is 4.83. The van der Waals surface area contributed by atoms with E-state index in [4.69, 9.17) is 0 Å². The van der Waals surface area contributed by atoms with Gasteiger partial charge in [0.2, 0.25) is 5.91 Å². The van der Waals surface area contributed by atoms with Gasteiger partial charge in [0, 0.05) is 30.4 Å². The highest BCUT2D eigenvalue weighted by Gasteiger charge is 2.28. The summed E-state index contributed by atoms with van der Waals surface area (Å²) in [5.74, 6) is 0.225. The van der Waals surface area contributed by atoms with Gasteiger partial charge in [-0.1, -0.05) is 0 Å². The number of amides is 1. The lowest BCUT2D eigenvalue weighted by Gasteiger charge is -2.24. The quantitative estimate of drug-likeness (QED) is 0.852. The molecular weight excluding hydrogens is 294 g/mol. The number of carbonyl (C=O) groups excluding carboxylic acids is 1. The number of likely N-dealkylation sites (tertiary alicyclic amines) is 1. The third-order valence-electron chi connectivity index (χ3n) is 4.21. The summed E-state index contributed by atoms with van der Waals surface area (Å²) in [6.45, 7) is 2.87. The van der Waals surface area contributed by atoms with E-state index in [0.717, 1.165) is 42.9 Å². The molecule has 1 fully saturated rings. The Morgan fingerprint density at radius 3 is 2.95 bits per heavy atom. The summed E-state index contributed by atoms with van der Waals surface area (Å²) in [4.78, 5) is 23.0. The van der Waals surface area contributed by atoms with Crippen LogP contribution in [0.2, 0.25) is 0 Å². The molecule has 5 heteroatoms. The van der Waals surface area contributed by atoms with Gasteiger partial charge in [-0.2, -0.15) is 0 Å². The fourth-order valence-corrected chi connectivity index (χ4v) is 3.71. The minimum absolute atomic E-state index is 0.225. The number of rotatable bonds is 5. The van der Waals surface area contributed by atoms with Gasteiger partial charge in [-0.05, 0) is 50.3 Å². The summed E-state index contributed by atoms with van der Waals surface area (Å²) in [5.41, 5.74) is 2.21. The normalized spacial score (nSPS) is 17.9. The van der Waals surface area contributed by atoms with Crippen LogP contribution in [-0.4, -0.2) is 33.4 Å². The first-order valence-corrected chi connectivity index (χ1v) is 8.70. The molecule has 2 aromatic heterocycles. The van der Waals surface area contributed by atoms with Crippen molar-refractivity contribution >= 4 is 17.2 Å². The van der Waals surface area contributed by atoms with Gasteiger partial charge in [-0.15, -0.1) is 11.3 Å². The molecule has 3 rings (SSSR count). The van der Waals surface area contributed by atoms with Crippen molar-refractivity contribution in [1.82, 2.24) is 14.9 Å². The van der Waals surface area contributed by atoms with Crippen LogP contribution in [-0.2, 0) is 17.6 Å². The summed E-state index contributed by atoms with van der Waals surface area (Å²) in [6.07, 6.45) is 8.37. The van der Waals surface area contributed by atoms with E-state index in [1.807, 2.05) is 24.7 Å². The van der Waals surface area contributed by atoms with Crippen LogP contribution in [0.1, 0.15) is 35.5 Å². The fourth-order valence-electron chi connectivity index (χ4n) is 3.09. The third kappa shape index (κ3) is 3.71. The SMILES string of the molecule is Cc1nc(CC(=O)N2CCC[C@@H]2CCc2ccncc2)cs1. The maximum Gasteiger partial charge on any atom is 0.228 e. The molecule has 2 aromatic rings. The number of pyridine rings is 1. The van der Waals surface area contributed by atoms with Crippen molar-refractivity contribution in [2.24, 2.45) is 0 Å². The zero-order valence-corrected chi connectivity index (χ0v) is 13.7. The Bertz CT molecular complexity index is 626. The number of nitrogens with zero attached hydrogens (tertiary/aromatic N) is 3. The maximum atomic E-state index is 12.5. The fraction of sp³-hybridized carbons (Fsp3) is 0.471. The van der Waals surface area contributed by atoms with Crippen LogP contribution < -0.4 is 0 Å². The highest BCUT2D eigenvalue weighted by Crippen LogP contribution is 2.23. The zero-order chi connectivity index (χ0) is 15.4. The molecule has 0 aliphatic carbocycles. The summed E-state index contributed by atoms with van der Waals surface area (Å²) in [5, 5.41) is 3.02. The number of aryl methyl sites for hydroxylation is 2. The van der Waals surface area contributed by atoms with Crippen LogP contribution in [0.15, 0.2) is 29.9 Å². The van der Waals surface area contributed by atoms with Gasteiger partial charge in [0.05, 0.1) is 17.1 Å². The first-order chi connectivity index (χ1) is 10.7. The smallest absolute Gasteiger partial charge is 0.228 e. The molecule has 1 aliphatic heterocycles. The second-order valence-corrected chi connectivity index (χ2v) is 6.87. The molecular formula is C17H21N3OS. The van der Waals surface area contributed by atoms with Crippen LogP contribution in [0, 0.1) is 6.92 Å². The number of hydrogen-bond donors (Lipinski definition) is 0. The molecule has 22 heavy (non-hydrogen) atoms. The Morgan fingerprint density at radius 1 is 1.41 bits per heavy atom. The molecule has 1 saturated heterocycles. The molecule has 0 spiro atoms. The Balaban J connectivity index is 1.56. The average Bonchev–Trinajstić information content (AvgIpc) is 3.15. The van der Waals surface area contributed by atoms with E-state index in [9.17, 15) is 4.79 Å². The molecule has 0 bridgehead atoms. The van der Waals surface area contributed by atoms with Crippen molar-refractivity contribution in [3.63, 3.8) is 0 Å². The highest BCUT2D eigenvalue weighted by molar-refractivity contribution is 7.09. The lowest BCUT2D eigenvalue weighted by molar-refractivity contribution is -0.131. The second kappa shape index (κ2) is 7.01. The lowest BCUT2D eigenvalue weighted by Crippen LogP contribution is -2.36. The zero-order valence-electron chi connectivity index (χ0n) is 12.9. The summed E-state index contributed by atoms with van der Waals surface area (Å²) < 4.78 is 0. The van der Waals surface area contributed by atoms with Gasteiger partial charge >= 0.3 is 0 Å². The van der Waals surface area contributed by atoms with Gasteiger partial charge in [0.1, 0.15) is 0 Å². The molecule has 0 aromatic carbocycles. The molecule has 0 N–H and O–H groups in total. The van der Waals surface area contributed by atoms with Gasteiger partial charge in [0.15, 0.2) is 0 Å². The molecule has 116 valence electrons. The monoisotopic (exact) mass is 315 g/mol. The Labute approximate surface area is 135 Å². The number of aromatic nitrogens is 2. The molecule has 0 unspecified atom stereocenters. The van der Waals surface area contributed by atoms with Crippen LogP contribution in [0.3, 0.4) is 0 Å². The summed E-state index contributed by atoms with van der Waals surface area (Å²) >= 11 is 1.61. The van der Waals surface area contributed by atoms with Gasteiger partial charge in [-0.25, -0.2) is 4.98 Å². The topological polar surface area (TPSA) is 46.1 Å². The second-order valence-electron chi connectivity index (χ2n) is 5.81. The molecule has 1 aliphatic rings. The summed E-state index contributed by atoms with van der Waals surface area (Å²) in [7, 11) is 0. The summed E-state index contributed by atoms with van der Waals surface area (Å²) in [6, 6.07) is 4.48. The van der Waals surface area contributed by atoms with Crippen molar-refractivity contribution < 1.29 is 4.79 Å². The maximum absolute atomic E-state index is 12.5. The Hall–Kier alpha value is -1.75. The number of carbonyl (C=O) groups is 1.